The molecule has 0 aliphatic carbocycles. The van der Waals surface area contributed by atoms with Gasteiger partial charge in [-0.15, -0.1) is 0 Å². The molecule has 5 heteroatoms. The summed E-state index contributed by atoms with van der Waals surface area (Å²) >= 11 is 0. The molecule has 168 valence electrons. The van der Waals surface area contributed by atoms with Gasteiger partial charge in [-0.1, -0.05) is 72.8 Å². The van der Waals surface area contributed by atoms with E-state index in [9.17, 15) is 4.79 Å². The number of hydrogen-bond acceptors (Lipinski definition) is 4. The highest BCUT2D eigenvalue weighted by atomic mass is 16.6. The largest absolute Gasteiger partial charge is 0.460 e. The Kier molecular flexibility index (Phi) is 6.13. The number of furan rings is 1. The Morgan fingerprint density at radius 2 is 1.73 bits per heavy atom. The number of amides is 1. The van der Waals surface area contributed by atoms with Crippen LogP contribution in [0.5, 0.6) is 0 Å². The predicted octanol–water partition coefficient (Wildman–Crippen LogP) is 5.94. The lowest BCUT2D eigenvalue weighted by atomic mass is 10.0. The quantitative estimate of drug-likeness (QED) is 0.372. The van der Waals surface area contributed by atoms with Crippen molar-refractivity contribution in [3.63, 3.8) is 0 Å². The molecule has 0 N–H and O–H groups in total. The number of ether oxygens (including phenoxy) is 1. The van der Waals surface area contributed by atoms with Crippen molar-refractivity contribution in [3.8, 4) is 11.1 Å². The number of para-hydroxylation sites is 1. The molecule has 0 radical (unpaired) electrons. The summed E-state index contributed by atoms with van der Waals surface area (Å²) in [5.74, 6) is 0.959. The second-order valence-electron chi connectivity index (χ2n) is 8.66. The van der Waals surface area contributed by atoms with E-state index in [2.05, 4.69) is 41.3 Å². The van der Waals surface area contributed by atoms with Gasteiger partial charge in [0.25, 0.3) is 0 Å². The minimum Gasteiger partial charge on any atom is -0.460 e. The molecule has 1 fully saturated rings. The van der Waals surface area contributed by atoms with Gasteiger partial charge in [0.2, 0.25) is 0 Å². The van der Waals surface area contributed by atoms with Crippen molar-refractivity contribution in [2.24, 2.45) is 0 Å². The zero-order valence-electron chi connectivity index (χ0n) is 18.8. The molecule has 4 aromatic rings. The summed E-state index contributed by atoms with van der Waals surface area (Å²) in [7, 11) is 1.83. The molecule has 5 rings (SSSR count). The van der Waals surface area contributed by atoms with Crippen LogP contribution in [0.3, 0.4) is 0 Å². The van der Waals surface area contributed by atoms with Crippen LogP contribution in [0.15, 0.2) is 89.3 Å². The van der Waals surface area contributed by atoms with Crippen LogP contribution in [0.2, 0.25) is 0 Å². The van der Waals surface area contributed by atoms with Crippen LogP contribution in [0.1, 0.15) is 17.7 Å². The summed E-state index contributed by atoms with van der Waals surface area (Å²) in [4.78, 5) is 16.7. The summed E-state index contributed by atoms with van der Waals surface area (Å²) in [5.41, 5.74) is 4.22. The average Bonchev–Trinajstić information content (AvgIpc) is 3.49. The molecule has 1 aliphatic heterocycles. The highest BCUT2D eigenvalue weighted by molar-refractivity contribution is 5.77. The fraction of sp³-hybridized carbons (Fsp3) is 0.250. The number of nitrogens with zero attached hydrogens (tertiary/aromatic N) is 2. The zero-order chi connectivity index (χ0) is 22.6. The summed E-state index contributed by atoms with van der Waals surface area (Å²) in [6.07, 6.45) is 0.648. The van der Waals surface area contributed by atoms with Gasteiger partial charge in [0, 0.05) is 31.6 Å². The lowest BCUT2D eigenvalue weighted by Gasteiger charge is -2.24. The first-order valence-corrected chi connectivity index (χ1v) is 11.4. The fourth-order valence-electron chi connectivity index (χ4n) is 4.43. The van der Waals surface area contributed by atoms with Crippen LogP contribution < -0.4 is 0 Å². The van der Waals surface area contributed by atoms with Crippen LogP contribution in [0, 0.1) is 0 Å². The van der Waals surface area contributed by atoms with Gasteiger partial charge in [-0.05, 0) is 35.2 Å². The molecule has 2 heterocycles. The Labute approximate surface area is 194 Å². The third kappa shape index (κ3) is 4.94. The van der Waals surface area contributed by atoms with E-state index >= 15 is 0 Å². The molecule has 1 unspecified atom stereocenters. The molecular weight excluding hydrogens is 412 g/mol. The lowest BCUT2D eigenvalue weighted by Crippen LogP contribution is -2.39. The first-order chi connectivity index (χ1) is 16.2. The summed E-state index contributed by atoms with van der Waals surface area (Å²) in [5, 5.41) is 1.13. The van der Waals surface area contributed by atoms with E-state index < -0.39 is 0 Å². The molecule has 1 aliphatic rings. The predicted molar refractivity (Wildman–Crippen MR) is 130 cm³/mol. The van der Waals surface area contributed by atoms with Crippen molar-refractivity contribution in [2.45, 2.75) is 25.6 Å². The number of carbonyl (C=O) groups is 1. The second-order valence-corrected chi connectivity index (χ2v) is 8.66. The molecule has 1 aromatic heterocycles. The standard InChI is InChI=1S/C28H28N2O3/c1-29(25-15-16-30(18-25)19-26-17-24-9-5-6-10-27(24)33-26)28(31)32-20-21-11-13-23(14-12-21)22-7-3-2-4-8-22/h2-14,17,25H,15-16,18-20H2,1H3. The molecule has 33 heavy (non-hydrogen) atoms. The van der Waals surface area contributed by atoms with Crippen molar-refractivity contribution >= 4 is 17.1 Å². The van der Waals surface area contributed by atoms with Crippen molar-refractivity contribution in [2.75, 3.05) is 20.1 Å². The third-order valence-electron chi connectivity index (χ3n) is 6.36. The van der Waals surface area contributed by atoms with Crippen LogP contribution in [-0.2, 0) is 17.9 Å². The van der Waals surface area contributed by atoms with E-state index in [1.807, 2.05) is 55.6 Å². The Bertz CT molecular complexity index is 1180. The van der Waals surface area contributed by atoms with Crippen molar-refractivity contribution in [3.05, 3.63) is 96.3 Å². The van der Waals surface area contributed by atoms with Crippen molar-refractivity contribution < 1.29 is 13.9 Å². The van der Waals surface area contributed by atoms with Crippen molar-refractivity contribution in [1.82, 2.24) is 9.80 Å². The SMILES string of the molecule is CN(C(=O)OCc1ccc(-c2ccccc2)cc1)C1CCN(Cc2cc3ccccc3o2)C1. The topological polar surface area (TPSA) is 45.9 Å². The molecule has 3 aromatic carbocycles. The summed E-state index contributed by atoms with van der Waals surface area (Å²) in [6.45, 7) is 2.77. The van der Waals surface area contributed by atoms with Crippen LogP contribution in [0.25, 0.3) is 22.1 Å². The number of rotatable bonds is 6. The van der Waals surface area contributed by atoms with E-state index in [4.69, 9.17) is 9.15 Å². The first-order valence-electron chi connectivity index (χ1n) is 11.4. The average molecular weight is 441 g/mol. The molecule has 0 saturated carbocycles. The maximum Gasteiger partial charge on any atom is 0.410 e. The molecule has 1 amide bonds. The van der Waals surface area contributed by atoms with E-state index in [0.29, 0.717) is 0 Å². The minimum atomic E-state index is -0.280. The number of likely N-dealkylation sites (N-methyl/N-ethyl adjacent to an activating group) is 1. The van der Waals surface area contributed by atoms with Gasteiger partial charge in [-0.2, -0.15) is 0 Å². The van der Waals surface area contributed by atoms with Gasteiger partial charge in [0.1, 0.15) is 18.0 Å². The van der Waals surface area contributed by atoms with E-state index in [-0.39, 0.29) is 18.7 Å². The Morgan fingerprint density at radius 1 is 1.00 bits per heavy atom. The highest BCUT2D eigenvalue weighted by Gasteiger charge is 2.29. The zero-order valence-corrected chi connectivity index (χ0v) is 18.8. The van der Waals surface area contributed by atoms with Gasteiger partial charge < -0.3 is 14.1 Å². The van der Waals surface area contributed by atoms with E-state index in [1.165, 1.54) is 5.56 Å². The number of benzene rings is 3. The number of carbonyl (C=O) groups excluding carboxylic acids is 1. The monoisotopic (exact) mass is 440 g/mol. The van der Waals surface area contributed by atoms with Gasteiger partial charge in [0.15, 0.2) is 0 Å². The minimum absolute atomic E-state index is 0.141. The molecule has 5 nitrogen and oxygen atoms in total. The van der Waals surface area contributed by atoms with Gasteiger partial charge in [0.05, 0.1) is 6.54 Å². The molecule has 0 spiro atoms. The molecule has 1 saturated heterocycles. The van der Waals surface area contributed by atoms with E-state index in [1.54, 1.807) is 4.90 Å². The van der Waals surface area contributed by atoms with Gasteiger partial charge in [-0.3, -0.25) is 4.90 Å². The second kappa shape index (κ2) is 9.51. The van der Waals surface area contributed by atoms with E-state index in [0.717, 1.165) is 53.9 Å². The fourth-order valence-corrected chi connectivity index (χ4v) is 4.43. The molecule has 1 atom stereocenters. The van der Waals surface area contributed by atoms with Gasteiger partial charge in [-0.25, -0.2) is 4.79 Å². The van der Waals surface area contributed by atoms with Crippen molar-refractivity contribution in [1.29, 1.82) is 0 Å². The van der Waals surface area contributed by atoms with Gasteiger partial charge >= 0.3 is 6.09 Å². The maximum atomic E-state index is 12.6. The summed E-state index contributed by atoms with van der Waals surface area (Å²) in [6, 6.07) is 28.7. The Morgan fingerprint density at radius 3 is 2.52 bits per heavy atom. The Balaban J connectivity index is 1.11. The van der Waals surface area contributed by atoms with Crippen LogP contribution >= 0.6 is 0 Å². The number of fused-ring (bicyclic) bond motifs is 1. The number of hydrogen-bond donors (Lipinski definition) is 0. The third-order valence-corrected chi connectivity index (χ3v) is 6.36. The van der Waals surface area contributed by atoms with Crippen LogP contribution in [-0.4, -0.2) is 42.1 Å². The molecule has 0 bridgehead atoms. The summed E-state index contributed by atoms with van der Waals surface area (Å²) < 4.78 is 11.5. The highest BCUT2D eigenvalue weighted by Crippen LogP contribution is 2.23. The maximum absolute atomic E-state index is 12.6. The molecular formula is C28H28N2O3. The first kappa shape index (κ1) is 21.3. The smallest absolute Gasteiger partial charge is 0.410 e. The number of likely N-dealkylation sites (tertiary alicyclic amines) is 1. The normalized spacial score (nSPS) is 16.2. The van der Waals surface area contributed by atoms with Crippen LogP contribution in [0.4, 0.5) is 4.79 Å². The lowest BCUT2D eigenvalue weighted by molar-refractivity contribution is 0.0914. The Hall–Kier alpha value is -3.57.